The first kappa shape index (κ1) is 12.5. The molecule has 0 aromatic carbocycles. The molecule has 1 rings (SSSR count). The van der Waals surface area contributed by atoms with E-state index in [1.54, 1.807) is 24.3 Å². The fourth-order valence-electron chi connectivity index (χ4n) is 1.50. The van der Waals surface area contributed by atoms with Crippen LogP contribution in [0.15, 0.2) is 23.6 Å². The van der Waals surface area contributed by atoms with Crippen LogP contribution in [0, 0.1) is 0 Å². The van der Waals surface area contributed by atoms with Crippen LogP contribution in [0.2, 0.25) is 0 Å². The monoisotopic (exact) mass is 225 g/mol. The Morgan fingerprint density at radius 3 is 2.80 bits per heavy atom. The Balaban J connectivity index is 2.53. The maximum absolute atomic E-state index is 6.12. The summed E-state index contributed by atoms with van der Waals surface area (Å²) in [7, 11) is 0. The average Bonchev–Trinajstić information content (AvgIpc) is 2.27. The molecule has 4 heteroatoms. The molecule has 0 bridgehead atoms. The smallest absolute Gasteiger partial charge is 0.116 e. The summed E-state index contributed by atoms with van der Waals surface area (Å²) in [5.41, 5.74) is 6.12. The highest BCUT2D eigenvalue weighted by molar-refractivity contribution is 7.99. The number of hydrogen-bond acceptors (Lipinski definition) is 4. The maximum Gasteiger partial charge on any atom is 0.116 e. The van der Waals surface area contributed by atoms with E-state index in [-0.39, 0.29) is 6.04 Å². The largest absolute Gasteiger partial charge is 0.327 e. The summed E-state index contributed by atoms with van der Waals surface area (Å²) in [6.45, 7) is 4.34. The second-order valence-corrected chi connectivity index (χ2v) is 4.82. The highest BCUT2D eigenvalue weighted by Crippen LogP contribution is 2.26. The van der Waals surface area contributed by atoms with Gasteiger partial charge in [0.05, 0.1) is 5.03 Å². The predicted octanol–water partition coefficient (Wildman–Crippen LogP) is 2.47. The molecule has 0 amide bonds. The van der Waals surface area contributed by atoms with Gasteiger partial charge in [-0.05, 0) is 18.9 Å². The normalized spacial score (nSPS) is 14.9. The maximum atomic E-state index is 6.12. The van der Waals surface area contributed by atoms with Gasteiger partial charge < -0.3 is 5.73 Å². The van der Waals surface area contributed by atoms with Crippen molar-refractivity contribution in [1.82, 2.24) is 9.97 Å². The van der Waals surface area contributed by atoms with Crippen molar-refractivity contribution in [2.45, 2.75) is 49.4 Å². The SMILES string of the molecule is CCCC(N)C(CC)Sc1ccncn1. The van der Waals surface area contributed by atoms with Crippen molar-refractivity contribution in [2.24, 2.45) is 5.73 Å². The van der Waals surface area contributed by atoms with Crippen LogP contribution in [0.4, 0.5) is 0 Å². The van der Waals surface area contributed by atoms with E-state index in [4.69, 9.17) is 5.73 Å². The molecular formula is C11H19N3S. The van der Waals surface area contributed by atoms with Gasteiger partial charge in [-0.25, -0.2) is 9.97 Å². The minimum atomic E-state index is 0.264. The molecule has 0 aliphatic heterocycles. The van der Waals surface area contributed by atoms with Gasteiger partial charge in [0.2, 0.25) is 0 Å². The van der Waals surface area contributed by atoms with Gasteiger partial charge in [-0.15, -0.1) is 11.8 Å². The predicted molar refractivity (Wildman–Crippen MR) is 64.9 cm³/mol. The lowest BCUT2D eigenvalue weighted by Crippen LogP contribution is -2.31. The summed E-state index contributed by atoms with van der Waals surface area (Å²) >= 11 is 1.76. The number of thioether (sulfide) groups is 1. The van der Waals surface area contributed by atoms with E-state index in [2.05, 4.69) is 23.8 Å². The molecule has 0 saturated carbocycles. The summed E-state index contributed by atoms with van der Waals surface area (Å²) in [5.74, 6) is 0. The van der Waals surface area contributed by atoms with Crippen LogP contribution in [-0.4, -0.2) is 21.3 Å². The van der Waals surface area contributed by atoms with Gasteiger partial charge in [0.1, 0.15) is 6.33 Å². The quantitative estimate of drug-likeness (QED) is 0.597. The van der Waals surface area contributed by atoms with Crippen molar-refractivity contribution >= 4 is 11.8 Å². The van der Waals surface area contributed by atoms with Crippen LogP contribution >= 0.6 is 11.8 Å². The third-order valence-corrected chi connectivity index (χ3v) is 3.80. The van der Waals surface area contributed by atoms with Crippen molar-refractivity contribution < 1.29 is 0 Å². The molecule has 3 nitrogen and oxygen atoms in total. The number of hydrogen-bond donors (Lipinski definition) is 1. The first-order valence-corrected chi connectivity index (χ1v) is 6.34. The van der Waals surface area contributed by atoms with Gasteiger partial charge in [-0.3, -0.25) is 0 Å². The third kappa shape index (κ3) is 4.18. The van der Waals surface area contributed by atoms with Crippen LogP contribution in [0.1, 0.15) is 33.1 Å². The molecule has 2 N–H and O–H groups in total. The van der Waals surface area contributed by atoms with Gasteiger partial charge >= 0.3 is 0 Å². The van der Waals surface area contributed by atoms with Crippen molar-refractivity contribution in [2.75, 3.05) is 0 Å². The van der Waals surface area contributed by atoms with E-state index >= 15 is 0 Å². The molecule has 84 valence electrons. The summed E-state index contributed by atoms with van der Waals surface area (Å²) in [4.78, 5) is 8.11. The Bertz CT molecular complexity index is 266. The summed E-state index contributed by atoms with van der Waals surface area (Å²) < 4.78 is 0. The van der Waals surface area contributed by atoms with Crippen LogP contribution < -0.4 is 5.73 Å². The van der Waals surface area contributed by atoms with Crippen LogP contribution in [-0.2, 0) is 0 Å². The lowest BCUT2D eigenvalue weighted by atomic mass is 10.1. The molecular weight excluding hydrogens is 206 g/mol. The molecule has 2 unspecified atom stereocenters. The summed E-state index contributed by atoms with van der Waals surface area (Å²) in [6.07, 6.45) is 6.65. The lowest BCUT2D eigenvalue weighted by Gasteiger charge is -2.20. The molecule has 2 atom stereocenters. The van der Waals surface area contributed by atoms with Crippen molar-refractivity contribution in [3.8, 4) is 0 Å². The topological polar surface area (TPSA) is 51.8 Å². The molecule has 0 saturated heterocycles. The van der Waals surface area contributed by atoms with E-state index in [0.717, 1.165) is 24.3 Å². The second-order valence-electron chi connectivity index (χ2n) is 3.56. The minimum Gasteiger partial charge on any atom is -0.327 e. The highest BCUT2D eigenvalue weighted by Gasteiger charge is 2.16. The molecule has 0 aliphatic carbocycles. The number of rotatable bonds is 6. The molecule has 15 heavy (non-hydrogen) atoms. The number of nitrogens with zero attached hydrogens (tertiary/aromatic N) is 2. The minimum absolute atomic E-state index is 0.264. The molecule has 1 aromatic rings. The van der Waals surface area contributed by atoms with Gasteiger partial charge in [0.15, 0.2) is 0 Å². The zero-order chi connectivity index (χ0) is 11.1. The van der Waals surface area contributed by atoms with Gasteiger partial charge in [0.25, 0.3) is 0 Å². The molecule has 1 aromatic heterocycles. The van der Waals surface area contributed by atoms with Gasteiger partial charge in [-0.2, -0.15) is 0 Å². The van der Waals surface area contributed by atoms with E-state index < -0.39 is 0 Å². The second kappa shape index (κ2) is 6.80. The van der Waals surface area contributed by atoms with E-state index in [1.807, 2.05) is 6.07 Å². The van der Waals surface area contributed by atoms with Gasteiger partial charge in [-0.1, -0.05) is 20.3 Å². The Labute approximate surface area is 95.9 Å². The van der Waals surface area contributed by atoms with Crippen LogP contribution in [0.25, 0.3) is 0 Å². The first-order valence-electron chi connectivity index (χ1n) is 5.46. The molecule has 0 fully saturated rings. The Morgan fingerprint density at radius 1 is 1.47 bits per heavy atom. The molecule has 0 radical (unpaired) electrons. The molecule has 0 aliphatic rings. The third-order valence-electron chi connectivity index (χ3n) is 2.33. The fourth-order valence-corrected chi connectivity index (χ4v) is 2.53. The van der Waals surface area contributed by atoms with Crippen LogP contribution in [0.3, 0.4) is 0 Å². The average molecular weight is 225 g/mol. The van der Waals surface area contributed by atoms with Crippen LogP contribution in [0.5, 0.6) is 0 Å². The lowest BCUT2D eigenvalue weighted by molar-refractivity contribution is 0.566. The number of aromatic nitrogens is 2. The molecule has 1 heterocycles. The van der Waals surface area contributed by atoms with E-state index in [1.165, 1.54) is 0 Å². The van der Waals surface area contributed by atoms with Crippen molar-refractivity contribution in [3.63, 3.8) is 0 Å². The van der Waals surface area contributed by atoms with Crippen molar-refractivity contribution in [3.05, 3.63) is 18.6 Å². The fraction of sp³-hybridized carbons (Fsp3) is 0.636. The van der Waals surface area contributed by atoms with Crippen molar-refractivity contribution in [1.29, 1.82) is 0 Å². The zero-order valence-electron chi connectivity index (χ0n) is 9.39. The summed E-state index contributed by atoms with van der Waals surface area (Å²) in [6, 6.07) is 2.20. The highest BCUT2D eigenvalue weighted by atomic mass is 32.2. The standard InChI is InChI=1S/C11H19N3S/c1-3-5-9(12)10(4-2)15-11-6-7-13-8-14-11/h6-10H,3-5,12H2,1-2H3. The first-order chi connectivity index (χ1) is 7.27. The molecule has 0 spiro atoms. The Hall–Kier alpha value is -0.610. The number of nitrogens with two attached hydrogens (primary N) is 1. The zero-order valence-corrected chi connectivity index (χ0v) is 10.2. The Kier molecular flexibility index (Phi) is 5.65. The Morgan fingerprint density at radius 2 is 2.27 bits per heavy atom. The summed E-state index contributed by atoms with van der Waals surface area (Å²) in [5, 5.41) is 1.48. The van der Waals surface area contributed by atoms with Gasteiger partial charge in [0, 0.05) is 17.5 Å². The van der Waals surface area contributed by atoms with E-state index in [9.17, 15) is 0 Å². The van der Waals surface area contributed by atoms with E-state index in [0.29, 0.717) is 5.25 Å².